The van der Waals surface area contributed by atoms with Crippen LogP contribution in [-0.2, 0) is 0 Å². The van der Waals surface area contributed by atoms with E-state index in [4.69, 9.17) is 0 Å². The summed E-state index contributed by atoms with van der Waals surface area (Å²) in [5, 5.41) is 3.45. The smallest absolute Gasteiger partial charge is 0.000450 e. The predicted octanol–water partition coefficient (Wildman–Crippen LogP) is 2.99. The molecule has 102 valence electrons. The molecule has 1 rings (SSSR count). The second-order valence-corrected chi connectivity index (χ2v) is 6.53. The molecule has 1 heterocycles. The Balaban J connectivity index is 2.26. The molecule has 1 aliphatic rings. The van der Waals surface area contributed by atoms with E-state index in [1.807, 2.05) is 0 Å². The minimum atomic E-state index is 0.793. The highest BCUT2D eigenvalue weighted by atomic mass is 15.1. The van der Waals surface area contributed by atoms with Crippen LogP contribution >= 0.6 is 0 Å². The molecule has 0 atom stereocenters. The number of rotatable bonds is 7. The number of nitrogens with zero attached hydrogens (tertiary/aromatic N) is 1. The maximum absolute atomic E-state index is 3.45. The molecule has 0 unspecified atom stereocenters. The van der Waals surface area contributed by atoms with Crippen LogP contribution in [0.2, 0.25) is 0 Å². The summed E-state index contributed by atoms with van der Waals surface area (Å²) in [4.78, 5) is 2.68. The summed E-state index contributed by atoms with van der Waals surface area (Å²) >= 11 is 0. The third-order valence-corrected chi connectivity index (χ3v) is 3.56. The number of piperidine rings is 1. The lowest BCUT2D eigenvalue weighted by Crippen LogP contribution is -2.35. The lowest BCUT2D eigenvalue weighted by Gasteiger charge is -2.29. The standard InChI is InChI=1S/C15H32N2/c1-13(2)11-17(12-14(3)4)10-7-15-5-8-16-9-6-15/h13-16H,5-12H2,1-4H3. The first-order valence-electron chi connectivity index (χ1n) is 7.51. The van der Waals surface area contributed by atoms with Crippen LogP contribution in [-0.4, -0.2) is 37.6 Å². The molecule has 17 heavy (non-hydrogen) atoms. The summed E-state index contributed by atoms with van der Waals surface area (Å²) in [5.41, 5.74) is 0. The fourth-order valence-corrected chi connectivity index (χ4v) is 2.83. The minimum Gasteiger partial charge on any atom is -0.317 e. The van der Waals surface area contributed by atoms with E-state index >= 15 is 0 Å². The second kappa shape index (κ2) is 8.10. The summed E-state index contributed by atoms with van der Waals surface area (Å²) < 4.78 is 0. The Bertz CT molecular complexity index is 173. The molecule has 1 fully saturated rings. The highest BCUT2D eigenvalue weighted by Crippen LogP contribution is 2.17. The van der Waals surface area contributed by atoms with E-state index in [2.05, 4.69) is 37.9 Å². The van der Waals surface area contributed by atoms with Crippen LogP contribution in [0.25, 0.3) is 0 Å². The second-order valence-electron chi connectivity index (χ2n) is 6.53. The van der Waals surface area contributed by atoms with E-state index in [0.29, 0.717) is 0 Å². The molecule has 0 bridgehead atoms. The molecule has 1 N–H and O–H groups in total. The number of hydrogen-bond acceptors (Lipinski definition) is 2. The molecule has 0 aromatic rings. The number of hydrogen-bond donors (Lipinski definition) is 1. The van der Waals surface area contributed by atoms with E-state index in [1.54, 1.807) is 0 Å². The van der Waals surface area contributed by atoms with Gasteiger partial charge in [0.15, 0.2) is 0 Å². The molecule has 2 heteroatoms. The van der Waals surface area contributed by atoms with Gasteiger partial charge in [-0.1, -0.05) is 27.7 Å². The first-order chi connectivity index (χ1) is 8.08. The van der Waals surface area contributed by atoms with Gasteiger partial charge in [-0.05, 0) is 56.7 Å². The molecule has 0 aromatic carbocycles. The summed E-state index contributed by atoms with van der Waals surface area (Å²) in [7, 11) is 0. The zero-order valence-corrected chi connectivity index (χ0v) is 12.3. The van der Waals surface area contributed by atoms with Crippen molar-refractivity contribution in [2.24, 2.45) is 17.8 Å². The van der Waals surface area contributed by atoms with Gasteiger partial charge in [0.2, 0.25) is 0 Å². The SMILES string of the molecule is CC(C)CN(CCC1CCNCC1)CC(C)C. The third-order valence-electron chi connectivity index (χ3n) is 3.56. The molecule has 0 amide bonds. The topological polar surface area (TPSA) is 15.3 Å². The Morgan fingerprint density at radius 1 is 1.00 bits per heavy atom. The fourth-order valence-electron chi connectivity index (χ4n) is 2.83. The molecule has 2 nitrogen and oxygen atoms in total. The molecule has 1 saturated heterocycles. The highest BCUT2D eigenvalue weighted by molar-refractivity contribution is 4.71. The highest BCUT2D eigenvalue weighted by Gasteiger charge is 2.15. The van der Waals surface area contributed by atoms with Crippen molar-refractivity contribution in [3.05, 3.63) is 0 Å². The minimum absolute atomic E-state index is 0.793. The van der Waals surface area contributed by atoms with Gasteiger partial charge >= 0.3 is 0 Å². The molecule has 0 radical (unpaired) electrons. The Kier molecular flexibility index (Phi) is 7.14. The van der Waals surface area contributed by atoms with Crippen molar-refractivity contribution in [3.8, 4) is 0 Å². The van der Waals surface area contributed by atoms with Gasteiger partial charge in [0.05, 0.1) is 0 Å². The molecular formula is C15H32N2. The third kappa shape index (κ3) is 7.05. The van der Waals surface area contributed by atoms with Crippen molar-refractivity contribution in [2.45, 2.75) is 47.0 Å². The van der Waals surface area contributed by atoms with E-state index in [-0.39, 0.29) is 0 Å². The van der Waals surface area contributed by atoms with Gasteiger partial charge in [0, 0.05) is 13.1 Å². The molecule has 0 spiro atoms. The largest absolute Gasteiger partial charge is 0.317 e. The predicted molar refractivity (Wildman–Crippen MR) is 76.3 cm³/mol. The number of nitrogens with one attached hydrogen (secondary N) is 1. The summed E-state index contributed by atoms with van der Waals surface area (Å²) in [5.74, 6) is 2.56. The Morgan fingerprint density at radius 2 is 1.53 bits per heavy atom. The van der Waals surface area contributed by atoms with Crippen LogP contribution in [0.3, 0.4) is 0 Å². The van der Waals surface area contributed by atoms with Gasteiger partial charge in [-0.25, -0.2) is 0 Å². The van der Waals surface area contributed by atoms with Gasteiger partial charge in [0.1, 0.15) is 0 Å². The molecule has 1 aliphatic heterocycles. The summed E-state index contributed by atoms with van der Waals surface area (Å²) in [6.45, 7) is 15.6. The summed E-state index contributed by atoms with van der Waals surface area (Å²) in [6.07, 6.45) is 4.18. The molecular weight excluding hydrogens is 208 g/mol. The van der Waals surface area contributed by atoms with Crippen molar-refractivity contribution >= 4 is 0 Å². The Hall–Kier alpha value is -0.0800. The van der Waals surface area contributed by atoms with E-state index in [1.165, 1.54) is 52.0 Å². The Morgan fingerprint density at radius 3 is 2.00 bits per heavy atom. The lowest BCUT2D eigenvalue weighted by molar-refractivity contribution is 0.196. The normalized spacial score (nSPS) is 18.5. The molecule has 0 saturated carbocycles. The van der Waals surface area contributed by atoms with E-state index < -0.39 is 0 Å². The first-order valence-corrected chi connectivity index (χ1v) is 7.51. The van der Waals surface area contributed by atoms with Crippen molar-refractivity contribution < 1.29 is 0 Å². The first kappa shape index (κ1) is 15.0. The van der Waals surface area contributed by atoms with Crippen LogP contribution in [0.4, 0.5) is 0 Å². The molecule has 0 aliphatic carbocycles. The van der Waals surface area contributed by atoms with Crippen molar-refractivity contribution in [2.75, 3.05) is 32.7 Å². The van der Waals surface area contributed by atoms with Gasteiger partial charge in [0.25, 0.3) is 0 Å². The lowest BCUT2D eigenvalue weighted by atomic mass is 9.94. The van der Waals surface area contributed by atoms with Gasteiger partial charge in [-0.15, -0.1) is 0 Å². The van der Waals surface area contributed by atoms with Crippen LogP contribution in [0, 0.1) is 17.8 Å². The van der Waals surface area contributed by atoms with Gasteiger partial charge in [-0.2, -0.15) is 0 Å². The average molecular weight is 240 g/mol. The van der Waals surface area contributed by atoms with Crippen molar-refractivity contribution in [1.29, 1.82) is 0 Å². The zero-order chi connectivity index (χ0) is 12.7. The van der Waals surface area contributed by atoms with Crippen LogP contribution in [0.15, 0.2) is 0 Å². The van der Waals surface area contributed by atoms with E-state index in [9.17, 15) is 0 Å². The average Bonchev–Trinajstić information content (AvgIpc) is 2.26. The zero-order valence-electron chi connectivity index (χ0n) is 12.3. The maximum atomic E-state index is 3.45. The summed E-state index contributed by atoms with van der Waals surface area (Å²) in [6, 6.07) is 0. The van der Waals surface area contributed by atoms with Gasteiger partial charge < -0.3 is 10.2 Å². The van der Waals surface area contributed by atoms with Gasteiger partial charge in [-0.3, -0.25) is 0 Å². The maximum Gasteiger partial charge on any atom is 0.000450 e. The van der Waals surface area contributed by atoms with E-state index in [0.717, 1.165) is 17.8 Å². The quantitative estimate of drug-likeness (QED) is 0.736. The van der Waals surface area contributed by atoms with Crippen LogP contribution in [0.5, 0.6) is 0 Å². The fraction of sp³-hybridized carbons (Fsp3) is 1.00. The van der Waals surface area contributed by atoms with Crippen LogP contribution in [0.1, 0.15) is 47.0 Å². The van der Waals surface area contributed by atoms with Crippen molar-refractivity contribution in [3.63, 3.8) is 0 Å². The molecule has 0 aromatic heterocycles. The van der Waals surface area contributed by atoms with Crippen molar-refractivity contribution in [1.82, 2.24) is 10.2 Å². The van der Waals surface area contributed by atoms with Crippen LogP contribution < -0.4 is 5.32 Å². The monoisotopic (exact) mass is 240 g/mol. The Labute approximate surface area is 108 Å².